The highest BCUT2D eigenvalue weighted by atomic mass is 16.2. The Bertz CT molecular complexity index is 894. The minimum absolute atomic E-state index is 0.0150. The Morgan fingerprint density at radius 2 is 1.93 bits per heavy atom. The van der Waals surface area contributed by atoms with E-state index in [4.69, 9.17) is 0 Å². The minimum atomic E-state index is -1.44. The van der Waals surface area contributed by atoms with Crippen LogP contribution in [0.3, 0.4) is 0 Å². The van der Waals surface area contributed by atoms with Crippen molar-refractivity contribution in [2.45, 2.75) is 64.8 Å². The van der Waals surface area contributed by atoms with Crippen molar-refractivity contribution in [3.05, 3.63) is 29.3 Å². The number of aryl methyl sites for hydroxylation is 2. The van der Waals surface area contributed by atoms with Crippen molar-refractivity contribution in [3.63, 3.8) is 0 Å². The van der Waals surface area contributed by atoms with E-state index in [1.54, 1.807) is 0 Å². The van der Waals surface area contributed by atoms with Gasteiger partial charge in [-0.2, -0.15) is 10.4 Å². The monoisotopic (exact) mass is 394 g/mol. The molecule has 1 fully saturated rings. The minimum Gasteiger partial charge on any atom is -0.352 e. The summed E-state index contributed by atoms with van der Waals surface area (Å²) >= 11 is 0. The van der Waals surface area contributed by atoms with Crippen LogP contribution >= 0.6 is 0 Å². The van der Waals surface area contributed by atoms with E-state index in [9.17, 15) is 19.6 Å². The maximum atomic E-state index is 12.9. The summed E-state index contributed by atoms with van der Waals surface area (Å²) in [5, 5.41) is 17.8. The molecule has 29 heavy (non-hydrogen) atoms. The van der Waals surface area contributed by atoms with Crippen LogP contribution < -0.4 is 10.3 Å². The third-order valence-electron chi connectivity index (χ3n) is 5.51. The quantitative estimate of drug-likeness (QED) is 0.776. The molecule has 1 atom stereocenters. The lowest BCUT2D eigenvalue weighted by Gasteiger charge is -2.26. The molecule has 2 aliphatic rings. The standard InChI is InChI=1S/C22H26N4O3/c1-14-8-9-15(2)19(12-14)26-20(27)11-10-18(25-26)21(28)17(13-23)22(29)24-16-6-4-3-5-7-16/h8-9,12,16-17H,3-7,10-11H2,1-2H3,(H,24,29). The van der Waals surface area contributed by atoms with Gasteiger partial charge in [0.05, 0.1) is 11.8 Å². The number of anilines is 1. The molecule has 0 aromatic heterocycles. The molecule has 0 radical (unpaired) electrons. The number of rotatable bonds is 5. The summed E-state index contributed by atoms with van der Waals surface area (Å²) in [4.78, 5) is 37.9. The number of Topliss-reactive ketones (excluding diaryl/α,β-unsaturated/α-hetero) is 1. The third-order valence-corrected chi connectivity index (χ3v) is 5.51. The molecule has 152 valence electrons. The first-order valence-electron chi connectivity index (χ1n) is 10.1. The third kappa shape index (κ3) is 4.70. The molecule has 1 heterocycles. The average Bonchev–Trinajstić information content (AvgIpc) is 2.71. The zero-order chi connectivity index (χ0) is 21.0. The van der Waals surface area contributed by atoms with Crippen LogP contribution in [0, 0.1) is 31.1 Å². The SMILES string of the molecule is Cc1ccc(C)c(N2N=C(C(=O)C(C#N)C(=O)NC3CCCCC3)CCC2=O)c1. The van der Waals surface area contributed by atoms with E-state index in [0.29, 0.717) is 5.69 Å². The van der Waals surface area contributed by atoms with Crippen molar-refractivity contribution in [1.29, 1.82) is 5.26 Å². The Labute approximate surface area is 170 Å². The van der Waals surface area contributed by atoms with Crippen molar-refractivity contribution >= 4 is 29.0 Å². The fourth-order valence-corrected chi connectivity index (χ4v) is 3.80. The lowest BCUT2D eigenvalue weighted by molar-refractivity contribution is -0.129. The predicted octanol–water partition coefficient (Wildman–Crippen LogP) is 2.94. The Morgan fingerprint density at radius 3 is 2.62 bits per heavy atom. The maximum Gasteiger partial charge on any atom is 0.247 e. The van der Waals surface area contributed by atoms with E-state index in [2.05, 4.69) is 10.4 Å². The largest absolute Gasteiger partial charge is 0.352 e. The van der Waals surface area contributed by atoms with Gasteiger partial charge in [0, 0.05) is 18.9 Å². The van der Waals surface area contributed by atoms with Crippen molar-refractivity contribution < 1.29 is 14.4 Å². The summed E-state index contributed by atoms with van der Waals surface area (Å²) in [5.74, 6) is -2.84. The molecule has 1 saturated carbocycles. The first-order chi connectivity index (χ1) is 13.9. The second kappa shape index (κ2) is 8.99. The highest BCUT2D eigenvalue weighted by Crippen LogP contribution is 2.26. The Balaban J connectivity index is 1.80. The van der Waals surface area contributed by atoms with Crippen LogP contribution in [0.2, 0.25) is 0 Å². The number of carbonyl (C=O) groups excluding carboxylic acids is 3. The molecule has 3 rings (SSSR count). The summed E-state index contributed by atoms with van der Waals surface area (Å²) in [6.45, 7) is 3.78. The highest BCUT2D eigenvalue weighted by Gasteiger charge is 2.35. The van der Waals surface area contributed by atoms with Gasteiger partial charge in [0.2, 0.25) is 17.6 Å². The van der Waals surface area contributed by atoms with Crippen molar-refractivity contribution in [1.82, 2.24) is 5.32 Å². The number of nitrogens with one attached hydrogen (secondary N) is 1. The Hall–Kier alpha value is -3.01. The average molecular weight is 394 g/mol. The van der Waals surface area contributed by atoms with E-state index < -0.39 is 17.6 Å². The summed E-state index contributed by atoms with van der Waals surface area (Å²) in [7, 11) is 0. The number of hydrogen-bond donors (Lipinski definition) is 1. The number of nitrogens with zero attached hydrogens (tertiary/aromatic N) is 3. The second-order valence-electron chi connectivity index (χ2n) is 7.81. The van der Waals surface area contributed by atoms with Gasteiger partial charge in [-0.3, -0.25) is 14.4 Å². The predicted molar refractivity (Wildman–Crippen MR) is 109 cm³/mol. The zero-order valence-corrected chi connectivity index (χ0v) is 16.9. The van der Waals surface area contributed by atoms with Crippen LogP contribution in [0.25, 0.3) is 0 Å². The van der Waals surface area contributed by atoms with Crippen LogP contribution in [-0.4, -0.2) is 29.4 Å². The van der Waals surface area contributed by atoms with E-state index in [0.717, 1.165) is 43.2 Å². The fourth-order valence-electron chi connectivity index (χ4n) is 3.80. The molecular weight excluding hydrogens is 368 g/mol. The van der Waals surface area contributed by atoms with Gasteiger partial charge in [0.15, 0.2) is 5.92 Å². The number of hydrogen-bond acceptors (Lipinski definition) is 5. The fraction of sp³-hybridized carbons (Fsp3) is 0.500. The molecule has 7 nitrogen and oxygen atoms in total. The Morgan fingerprint density at radius 1 is 1.21 bits per heavy atom. The normalized spacial score (nSPS) is 18.6. The van der Waals surface area contributed by atoms with Gasteiger partial charge < -0.3 is 5.32 Å². The highest BCUT2D eigenvalue weighted by molar-refractivity contribution is 6.45. The maximum absolute atomic E-state index is 12.9. The lowest BCUT2D eigenvalue weighted by atomic mass is 9.93. The number of hydrazone groups is 1. The summed E-state index contributed by atoms with van der Waals surface area (Å²) < 4.78 is 0. The molecule has 1 unspecified atom stereocenters. The van der Waals surface area contributed by atoms with E-state index >= 15 is 0 Å². The molecule has 0 saturated heterocycles. The molecule has 1 N–H and O–H groups in total. The first-order valence-corrected chi connectivity index (χ1v) is 10.1. The lowest BCUT2D eigenvalue weighted by Crippen LogP contribution is -2.44. The van der Waals surface area contributed by atoms with Gasteiger partial charge in [0.1, 0.15) is 5.71 Å². The Kier molecular flexibility index (Phi) is 6.42. The number of amides is 2. The van der Waals surface area contributed by atoms with Gasteiger partial charge in [-0.1, -0.05) is 31.4 Å². The van der Waals surface area contributed by atoms with Crippen molar-refractivity contribution in [2.24, 2.45) is 11.0 Å². The number of ketones is 1. The molecule has 1 aromatic rings. The molecule has 2 amide bonds. The molecule has 7 heteroatoms. The number of nitriles is 1. The molecule has 0 spiro atoms. The van der Waals surface area contributed by atoms with E-state index in [1.165, 1.54) is 5.01 Å². The van der Waals surface area contributed by atoms with Gasteiger partial charge in [-0.15, -0.1) is 0 Å². The van der Waals surface area contributed by atoms with Gasteiger partial charge in [-0.25, -0.2) is 5.01 Å². The number of benzene rings is 1. The first kappa shape index (κ1) is 20.7. The van der Waals surface area contributed by atoms with E-state index in [1.807, 2.05) is 38.1 Å². The molecule has 1 aliphatic heterocycles. The molecule has 1 aliphatic carbocycles. The summed E-state index contributed by atoms with van der Waals surface area (Å²) in [6.07, 6.45) is 5.20. The van der Waals surface area contributed by atoms with Crippen LogP contribution in [0.4, 0.5) is 5.69 Å². The molecule has 1 aromatic carbocycles. The van der Waals surface area contributed by atoms with Crippen molar-refractivity contribution in [2.75, 3.05) is 5.01 Å². The van der Waals surface area contributed by atoms with Crippen LogP contribution in [0.1, 0.15) is 56.1 Å². The van der Waals surface area contributed by atoms with Gasteiger partial charge >= 0.3 is 0 Å². The van der Waals surface area contributed by atoms with Gasteiger partial charge in [0.25, 0.3) is 0 Å². The molecule has 0 bridgehead atoms. The molecular formula is C22H26N4O3. The summed E-state index contributed by atoms with van der Waals surface area (Å²) in [6, 6.07) is 7.50. The van der Waals surface area contributed by atoms with Crippen LogP contribution in [-0.2, 0) is 14.4 Å². The van der Waals surface area contributed by atoms with E-state index in [-0.39, 0.29) is 30.5 Å². The summed E-state index contributed by atoms with van der Waals surface area (Å²) in [5.41, 5.74) is 2.53. The zero-order valence-electron chi connectivity index (χ0n) is 16.9. The van der Waals surface area contributed by atoms with Crippen molar-refractivity contribution in [3.8, 4) is 6.07 Å². The van der Waals surface area contributed by atoms with Gasteiger partial charge in [-0.05, 0) is 43.9 Å². The van der Waals surface area contributed by atoms with Crippen LogP contribution in [0.5, 0.6) is 0 Å². The topological polar surface area (TPSA) is 103 Å². The van der Waals surface area contributed by atoms with Crippen LogP contribution in [0.15, 0.2) is 23.3 Å². The smallest absolute Gasteiger partial charge is 0.247 e. The number of carbonyl (C=O) groups is 3. The second-order valence-corrected chi connectivity index (χ2v) is 7.81.